The van der Waals surface area contributed by atoms with Crippen LogP contribution in [0.3, 0.4) is 0 Å². The summed E-state index contributed by atoms with van der Waals surface area (Å²) in [6, 6.07) is 6.87. The minimum atomic E-state index is -0.400. The Labute approximate surface area is 126 Å². The Morgan fingerprint density at radius 2 is 1.90 bits per heavy atom. The van der Waals surface area contributed by atoms with Gasteiger partial charge in [-0.2, -0.15) is 0 Å². The maximum Gasteiger partial charge on any atom is 0.312 e. The van der Waals surface area contributed by atoms with Crippen molar-refractivity contribution in [1.82, 2.24) is 10.2 Å². The number of nitrogens with zero attached hydrogens (tertiary/aromatic N) is 1. The third-order valence-corrected chi connectivity index (χ3v) is 4.75. The van der Waals surface area contributed by atoms with Gasteiger partial charge < -0.3 is 11.1 Å². The fourth-order valence-corrected chi connectivity index (χ4v) is 3.58. The summed E-state index contributed by atoms with van der Waals surface area (Å²) in [7, 11) is 0. The highest BCUT2D eigenvalue weighted by Crippen LogP contribution is 2.23. The Balaban J connectivity index is 1.54. The highest BCUT2D eigenvalue weighted by atomic mass is 16.2. The summed E-state index contributed by atoms with van der Waals surface area (Å²) >= 11 is 0. The molecule has 2 amide bonds. The van der Waals surface area contributed by atoms with E-state index < -0.39 is 6.03 Å². The zero-order valence-corrected chi connectivity index (χ0v) is 12.6. The second kappa shape index (κ2) is 6.48. The highest BCUT2D eigenvalue weighted by Gasteiger charge is 2.20. The van der Waals surface area contributed by atoms with Crippen LogP contribution in [0, 0.1) is 0 Å². The predicted octanol–water partition coefficient (Wildman–Crippen LogP) is 2.20. The molecule has 1 fully saturated rings. The van der Waals surface area contributed by atoms with Crippen molar-refractivity contribution in [2.45, 2.75) is 51.1 Å². The highest BCUT2D eigenvalue weighted by molar-refractivity contribution is 5.71. The van der Waals surface area contributed by atoms with Crippen LogP contribution in [0.5, 0.6) is 0 Å². The van der Waals surface area contributed by atoms with Gasteiger partial charge in [0.2, 0.25) is 0 Å². The molecule has 3 rings (SSSR count). The van der Waals surface area contributed by atoms with Gasteiger partial charge >= 0.3 is 6.03 Å². The largest absolute Gasteiger partial charge is 0.352 e. The van der Waals surface area contributed by atoms with Crippen molar-refractivity contribution < 1.29 is 4.79 Å². The summed E-state index contributed by atoms with van der Waals surface area (Å²) in [5.41, 5.74) is 9.72. The minimum Gasteiger partial charge on any atom is -0.352 e. The Hall–Kier alpha value is -1.55. The lowest BCUT2D eigenvalue weighted by Gasteiger charge is -2.32. The SMILES string of the molecule is NC(=O)NC1CCN(Cc2ccc3c(c2)CCCC3)CC1. The number of likely N-dealkylation sites (tertiary alicyclic amines) is 1. The molecule has 4 nitrogen and oxygen atoms in total. The smallest absolute Gasteiger partial charge is 0.312 e. The minimum absolute atomic E-state index is 0.252. The summed E-state index contributed by atoms with van der Waals surface area (Å²) in [4.78, 5) is 13.3. The molecule has 4 heteroatoms. The molecular formula is C17H25N3O. The van der Waals surface area contributed by atoms with Crippen molar-refractivity contribution in [3.63, 3.8) is 0 Å². The fraction of sp³-hybridized carbons (Fsp3) is 0.588. The van der Waals surface area contributed by atoms with E-state index in [0.717, 1.165) is 32.5 Å². The lowest BCUT2D eigenvalue weighted by molar-refractivity contribution is 0.189. The van der Waals surface area contributed by atoms with Crippen LogP contribution >= 0.6 is 0 Å². The summed E-state index contributed by atoms with van der Waals surface area (Å²) in [5.74, 6) is 0. The molecular weight excluding hydrogens is 262 g/mol. The molecule has 1 heterocycles. The number of carbonyl (C=O) groups excluding carboxylic acids is 1. The molecule has 0 bridgehead atoms. The van der Waals surface area contributed by atoms with Crippen molar-refractivity contribution in [3.8, 4) is 0 Å². The third-order valence-electron chi connectivity index (χ3n) is 4.75. The molecule has 0 aromatic heterocycles. The lowest BCUT2D eigenvalue weighted by atomic mass is 9.90. The number of piperidine rings is 1. The standard InChI is InChI=1S/C17H25N3O/c18-17(21)19-16-7-9-20(10-8-16)12-13-5-6-14-3-1-2-4-15(14)11-13/h5-6,11,16H,1-4,7-10,12H2,(H3,18,19,21). The number of rotatable bonds is 3. The van der Waals surface area contributed by atoms with Gasteiger partial charge in [-0.15, -0.1) is 0 Å². The summed E-state index contributed by atoms with van der Waals surface area (Å²) in [6.07, 6.45) is 7.16. The lowest BCUT2D eigenvalue weighted by Crippen LogP contribution is -2.46. The van der Waals surface area contributed by atoms with E-state index in [0.29, 0.717) is 0 Å². The predicted molar refractivity (Wildman–Crippen MR) is 84.1 cm³/mol. The van der Waals surface area contributed by atoms with Gasteiger partial charge in [0.25, 0.3) is 0 Å². The fourth-order valence-electron chi connectivity index (χ4n) is 3.58. The van der Waals surface area contributed by atoms with Crippen molar-refractivity contribution in [2.75, 3.05) is 13.1 Å². The number of nitrogens with one attached hydrogen (secondary N) is 1. The molecule has 0 unspecified atom stereocenters. The molecule has 1 aliphatic heterocycles. The van der Waals surface area contributed by atoms with Crippen LogP contribution in [-0.2, 0) is 19.4 Å². The molecule has 0 atom stereocenters. The van der Waals surface area contributed by atoms with E-state index >= 15 is 0 Å². The first-order valence-electron chi connectivity index (χ1n) is 8.10. The number of carbonyl (C=O) groups is 1. The Morgan fingerprint density at radius 3 is 2.62 bits per heavy atom. The second-order valence-corrected chi connectivity index (χ2v) is 6.37. The van der Waals surface area contributed by atoms with Gasteiger partial charge in [-0.1, -0.05) is 18.2 Å². The number of amides is 2. The Morgan fingerprint density at radius 1 is 1.19 bits per heavy atom. The van der Waals surface area contributed by atoms with Crippen LogP contribution < -0.4 is 11.1 Å². The zero-order chi connectivity index (χ0) is 14.7. The van der Waals surface area contributed by atoms with E-state index in [-0.39, 0.29) is 6.04 Å². The first-order valence-corrected chi connectivity index (χ1v) is 8.10. The normalized spacial score (nSPS) is 20.0. The zero-order valence-electron chi connectivity index (χ0n) is 12.6. The topological polar surface area (TPSA) is 58.4 Å². The number of benzene rings is 1. The van der Waals surface area contributed by atoms with E-state index in [1.54, 1.807) is 11.1 Å². The molecule has 1 aromatic carbocycles. The Bertz CT molecular complexity index is 507. The third kappa shape index (κ3) is 3.76. The molecule has 21 heavy (non-hydrogen) atoms. The molecule has 2 aliphatic rings. The van der Waals surface area contributed by atoms with Crippen LogP contribution in [0.1, 0.15) is 42.4 Å². The molecule has 1 aliphatic carbocycles. The summed E-state index contributed by atoms with van der Waals surface area (Å²) in [6.45, 7) is 3.08. The van der Waals surface area contributed by atoms with Gasteiger partial charge in [0.15, 0.2) is 0 Å². The monoisotopic (exact) mass is 287 g/mol. The summed E-state index contributed by atoms with van der Waals surface area (Å²) in [5, 5.41) is 2.82. The van der Waals surface area contributed by atoms with Gasteiger partial charge in [-0.25, -0.2) is 4.79 Å². The molecule has 1 aromatic rings. The molecule has 114 valence electrons. The van der Waals surface area contributed by atoms with Crippen molar-refractivity contribution >= 4 is 6.03 Å². The van der Waals surface area contributed by atoms with Crippen LogP contribution in [0.25, 0.3) is 0 Å². The quantitative estimate of drug-likeness (QED) is 0.895. The average Bonchev–Trinajstić information content (AvgIpc) is 2.49. The molecule has 3 N–H and O–H groups in total. The van der Waals surface area contributed by atoms with Crippen molar-refractivity contribution in [1.29, 1.82) is 0 Å². The van der Waals surface area contributed by atoms with E-state index in [1.165, 1.54) is 31.2 Å². The number of hydrogen-bond acceptors (Lipinski definition) is 2. The average molecular weight is 287 g/mol. The number of primary amides is 1. The van der Waals surface area contributed by atoms with E-state index in [2.05, 4.69) is 28.4 Å². The molecule has 1 saturated heterocycles. The number of hydrogen-bond donors (Lipinski definition) is 2. The van der Waals surface area contributed by atoms with Gasteiger partial charge in [0, 0.05) is 25.7 Å². The van der Waals surface area contributed by atoms with Crippen molar-refractivity contribution in [3.05, 3.63) is 34.9 Å². The first kappa shape index (κ1) is 14.4. The summed E-state index contributed by atoms with van der Waals surface area (Å²) < 4.78 is 0. The number of fused-ring (bicyclic) bond motifs is 1. The second-order valence-electron chi connectivity index (χ2n) is 6.37. The van der Waals surface area contributed by atoms with Gasteiger partial charge in [-0.3, -0.25) is 4.90 Å². The van der Waals surface area contributed by atoms with Crippen LogP contribution in [0.15, 0.2) is 18.2 Å². The Kier molecular flexibility index (Phi) is 4.44. The maximum atomic E-state index is 10.9. The number of aryl methyl sites for hydroxylation is 2. The van der Waals surface area contributed by atoms with Crippen molar-refractivity contribution in [2.24, 2.45) is 5.73 Å². The van der Waals surface area contributed by atoms with Gasteiger partial charge in [0.05, 0.1) is 0 Å². The van der Waals surface area contributed by atoms with Crippen LogP contribution in [0.2, 0.25) is 0 Å². The molecule has 0 saturated carbocycles. The van der Waals surface area contributed by atoms with E-state index in [4.69, 9.17) is 5.73 Å². The van der Waals surface area contributed by atoms with Gasteiger partial charge in [-0.05, 0) is 55.2 Å². The van der Waals surface area contributed by atoms with Crippen LogP contribution in [-0.4, -0.2) is 30.1 Å². The number of urea groups is 1. The first-order chi connectivity index (χ1) is 10.2. The number of nitrogens with two attached hydrogens (primary N) is 1. The molecule has 0 spiro atoms. The van der Waals surface area contributed by atoms with E-state index in [1.807, 2.05) is 0 Å². The molecule has 0 radical (unpaired) electrons. The van der Waals surface area contributed by atoms with Gasteiger partial charge in [0.1, 0.15) is 0 Å². The van der Waals surface area contributed by atoms with Crippen LogP contribution in [0.4, 0.5) is 4.79 Å². The van der Waals surface area contributed by atoms with E-state index in [9.17, 15) is 4.79 Å². The maximum absolute atomic E-state index is 10.9.